The maximum absolute atomic E-state index is 5.25. The molecular formula is C17H21NO2. The minimum absolute atomic E-state index is 0.892. The van der Waals surface area contributed by atoms with Crippen LogP contribution < -0.4 is 9.47 Å². The third-order valence-corrected chi connectivity index (χ3v) is 3.20. The van der Waals surface area contributed by atoms with Gasteiger partial charge in [0.15, 0.2) is 0 Å². The Balaban J connectivity index is 1.95. The first kappa shape index (κ1) is 14.4. The molecule has 0 fully saturated rings. The number of methoxy groups -OCH3 is 2. The second-order valence-electron chi connectivity index (χ2n) is 4.87. The summed E-state index contributed by atoms with van der Waals surface area (Å²) in [5.41, 5.74) is 2.52. The third kappa shape index (κ3) is 4.00. The lowest BCUT2D eigenvalue weighted by atomic mass is 10.1. The summed E-state index contributed by atoms with van der Waals surface area (Å²) in [5.74, 6) is 1.80. The molecule has 0 aliphatic carbocycles. The minimum Gasteiger partial charge on any atom is -0.497 e. The Labute approximate surface area is 120 Å². The second-order valence-corrected chi connectivity index (χ2v) is 4.87. The number of hydrogen-bond acceptors (Lipinski definition) is 3. The van der Waals surface area contributed by atoms with E-state index in [9.17, 15) is 0 Å². The summed E-state index contributed by atoms with van der Waals surface area (Å²) in [6.45, 7) is 1.80. The predicted molar refractivity (Wildman–Crippen MR) is 81.2 cm³/mol. The smallest absolute Gasteiger partial charge is 0.119 e. The van der Waals surface area contributed by atoms with Gasteiger partial charge in [-0.3, -0.25) is 4.90 Å². The van der Waals surface area contributed by atoms with Crippen molar-refractivity contribution >= 4 is 0 Å². The standard InChI is InChI=1S/C17H21NO2/c1-18(12-14-7-9-16(19-2)10-8-14)13-15-5-4-6-17(11-15)20-3/h4-11H,12-13H2,1-3H3. The van der Waals surface area contributed by atoms with Crippen molar-refractivity contribution in [2.24, 2.45) is 0 Å². The van der Waals surface area contributed by atoms with Crippen LogP contribution in [-0.2, 0) is 13.1 Å². The molecule has 0 radical (unpaired) electrons. The lowest BCUT2D eigenvalue weighted by Gasteiger charge is -2.17. The largest absolute Gasteiger partial charge is 0.497 e. The van der Waals surface area contributed by atoms with Crippen LogP contribution in [0, 0.1) is 0 Å². The fourth-order valence-corrected chi connectivity index (χ4v) is 2.18. The first-order valence-corrected chi connectivity index (χ1v) is 6.65. The van der Waals surface area contributed by atoms with Gasteiger partial charge in [0.2, 0.25) is 0 Å². The Hall–Kier alpha value is -2.00. The highest BCUT2D eigenvalue weighted by molar-refractivity contribution is 5.29. The van der Waals surface area contributed by atoms with Crippen molar-refractivity contribution in [3.05, 3.63) is 59.7 Å². The zero-order valence-corrected chi connectivity index (χ0v) is 12.3. The average molecular weight is 271 g/mol. The Morgan fingerprint density at radius 3 is 2.10 bits per heavy atom. The highest BCUT2D eigenvalue weighted by Gasteiger charge is 2.03. The second kappa shape index (κ2) is 6.96. The molecule has 0 aliphatic rings. The average Bonchev–Trinajstić information content (AvgIpc) is 2.48. The van der Waals surface area contributed by atoms with E-state index in [1.165, 1.54) is 11.1 Å². The van der Waals surface area contributed by atoms with Crippen LogP contribution in [0.4, 0.5) is 0 Å². The van der Waals surface area contributed by atoms with Crippen molar-refractivity contribution in [2.45, 2.75) is 13.1 Å². The Bertz CT molecular complexity index is 537. The summed E-state index contributed by atoms with van der Waals surface area (Å²) in [6.07, 6.45) is 0. The van der Waals surface area contributed by atoms with Crippen LogP contribution in [-0.4, -0.2) is 26.2 Å². The van der Waals surface area contributed by atoms with Crippen molar-refractivity contribution in [2.75, 3.05) is 21.3 Å². The van der Waals surface area contributed by atoms with E-state index in [4.69, 9.17) is 9.47 Å². The molecule has 2 rings (SSSR count). The zero-order chi connectivity index (χ0) is 14.4. The molecule has 0 atom stereocenters. The van der Waals surface area contributed by atoms with Crippen molar-refractivity contribution < 1.29 is 9.47 Å². The van der Waals surface area contributed by atoms with Crippen LogP contribution in [0.2, 0.25) is 0 Å². The fraction of sp³-hybridized carbons (Fsp3) is 0.294. The van der Waals surface area contributed by atoms with Crippen molar-refractivity contribution in [3.63, 3.8) is 0 Å². The summed E-state index contributed by atoms with van der Waals surface area (Å²) >= 11 is 0. The van der Waals surface area contributed by atoms with Crippen molar-refractivity contribution in [3.8, 4) is 11.5 Å². The summed E-state index contributed by atoms with van der Waals surface area (Å²) in [4.78, 5) is 2.27. The molecular weight excluding hydrogens is 250 g/mol. The quantitative estimate of drug-likeness (QED) is 0.804. The molecule has 3 heteroatoms. The van der Waals surface area contributed by atoms with Gasteiger partial charge in [0.05, 0.1) is 14.2 Å². The van der Waals surface area contributed by atoms with E-state index in [1.807, 2.05) is 24.3 Å². The van der Waals surface area contributed by atoms with E-state index in [1.54, 1.807) is 14.2 Å². The van der Waals surface area contributed by atoms with Crippen LogP contribution in [0.5, 0.6) is 11.5 Å². The highest BCUT2D eigenvalue weighted by Crippen LogP contribution is 2.16. The van der Waals surface area contributed by atoms with Gasteiger partial charge in [-0.05, 0) is 42.4 Å². The Morgan fingerprint density at radius 1 is 0.800 bits per heavy atom. The molecule has 0 saturated carbocycles. The molecule has 2 aromatic carbocycles. The van der Waals surface area contributed by atoms with Crippen LogP contribution in [0.1, 0.15) is 11.1 Å². The normalized spacial score (nSPS) is 10.6. The Morgan fingerprint density at radius 2 is 1.45 bits per heavy atom. The number of ether oxygens (including phenoxy) is 2. The van der Waals surface area contributed by atoms with E-state index in [0.29, 0.717) is 0 Å². The number of rotatable bonds is 6. The van der Waals surface area contributed by atoms with Gasteiger partial charge in [0, 0.05) is 13.1 Å². The van der Waals surface area contributed by atoms with Gasteiger partial charge in [-0.15, -0.1) is 0 Å². The summed E-state index contributed by atoms with van der Waals surface area (Å²) in [7, 11) is 5.49. The monoisotopic (exact) mass is 271 g/mol. The molecule has 106 valence electrons. The zero-order valence-electron chi connectivity index (χ0n) is 12.3. The minimum atomic E-state index is 0.892. The highest BCUT2D eigenvalue weighted by atomic mass is 16.5. The molecule has 0 N–H and O–H groups in total. The SMILES string of the molecule is COc1ccc(CN(C)Cc2cccc(OC)c2)cc1. The van der Waals surface area contributed by atoms with Gasteiger partial charge in [-0.2, -0.15) is 0 Å². The van der Waals surface area contributed by atoms with Crippen molar-refractivity contribution in [1.29, 1.82) is 0 Å². The van der Waals surface area contributed by atoms with Crippen LogP contribution in [0.3, 0.4) is 0 Å². The molecule has 0 spiro atoms. The fourth-order valence-electron chi connectivity index (χ4n) is 2.18. The molecule has 20 heavy (non-hydrogen) atoms. The van der Waals surface area contributed by atoms with Crippen LogP contribution in [0.25, 0.3) is 0 Å². The van der Waals surface area contributed by atoms with Gasteiger partial charge >= 0.3 is 0 Å². The lowest BCUT2D eigenvalue weighted by Crippen LogP contribution is -2.17. The lowest BCUT2D eigenvalue weighted by molar-refractivity contribution is 0.318. The molecule has 0 aromatic heterocycles. The van der Waals surface area contributed by atoms with Gasteiger partial charge < -0.3 is 9.47 Å². The van der Waals surface area contributed by atoms with E-state index in [2.05, 4.69) is 36.2 Å². The third-order valence-electron chi connectivity index (χ3n) is 3.20. The topological polar surface area (TPSA) is 21.7 Å². The molecule has 0 unspecified atom stereocenters. The summed E-state index contributed by atoms with van der Waals surface area (Å²) < 4.78 is 10.4. The van der Waals surface area contributed by atoms with Gasteiger partial charge in [0.1, 0.15) is 11.5 Å². The summed E-state index contributed by atoms with van der Waals surface area (Å²) in [5, 5.41) is 0. The molecule has 3 nitrogen and oxygen atoms in total. The Kier molecular flexibility index (Phi) is 5.02. The van der Waals surface area contributed by atoms with Gasteiger partial charge in [0.25, 0.3) is 0 Å². The van der Waals surface area contributed by atoms with E-state index >= 15 is 0 Å². The molecule has 0 aliphatic heterocycles. The van der Waals surface area contributed by atoms with E-state index in [-0.39, 0.29) is 0 Å². The number of benzene rings is 2. The van der Waals surface area contributed by atoms with E-state index in [0.717, 1.165) is 24.6 Å². The first-order valence-electron chi connectivity index (χ1n) is 6.65. The van der Waals surface area contributed by atoms with E-state index < -0.39 is 0 Å². The molecule has 0 bridgehead atoms. The molecule has 2 aromatic rings. The molecule has 0 heterocycles. The maximum atomic E-state index is 5.25. The first-order chi connectivity index (χ1) is 9.71. The molecule has 0 amide bonds. The predicted octanol–water partition coefficient (Wildman–Crippen LogP) is 3.34. The molecule has 0 saturated heterocycles. The van der Waals surface area contributed by atoms with Gasteiger partial charge in [-0.1, -0.05) is 24.3 Å². The van der Waals surface area contributed by atoms with Crippen LogP contribution >= 0.6 is 0 Å². The van der Waals surface area contributed by atoms with Crippen molar-refractivity contribution in [1.82, 2.24) is 4.90 Å². The maximum Gasteiger partial charge on any atom is 0.119 e. The van der Waals surface area contributed by atoms with Gasteiger partial charge in [-0.25, -0.2) is 0 Å². The number of nitrogens with zero attached hydrogens (tertiary/aromatic N) is 1. The van der Waals surface area contributed by atoms with Crippen LogP contribution in [0.15, 0.2) is 48.5 Å². The summed E-state index contributed by atoms with van der Waals surface area (Å²) in [6, 6.07) is 16.4. The number of hydrogen-bond donors (Lipinski definition) is 0.